The number of urea groups is 1. The molecule has 1 aliphatic rings. The van der Waals surface area contributed by atoms with Crippen molar-refractivity contribution in [1.82, 2.24) is 5.32 Å². The summed E-state index contributed by atoms with van der Waals surface area (Å²) in [6, 6.07) is 7.72. The molecule has 0 spiro atoms. The first-order chi connectivity index (χ1) is 14.0. The molecule has 3 rings (SSSR count). The van der Waals surface area contributed by atoms with Gasteiger partial charge in [-0.2, -0.15) is 26.3 Å². The molecule has 2 aromatic carbocycles. The van der Waals surface area contributed by atoms with Gasteiger partial charge in [0.05, 0.1) is 11.1 Å². The molecule has 0 unspecified atom stereocenters. The Balaban J connectivity index is 1.49. The SMILES string of the molecule is O=C(Nc1cccc(C(F)(F)F)c1)N[C@H]1CC[C@H](Oc2ccc(C(F)(F)F)cc2)C1. The van der Waals surface area contributed by atoms with Crippen molar-refractivity contribution in [2.45, 2.75) is 43.8 Å². The zero-order valence-electron chi connectivity index (χ0n) is 15.5. The van der Waals surface area contributed by atoms with E-state index in [-0.39, 0.29) is 17.8 Å². The normalized spacial score (nSPS) is 19.4. The average Bonchev–Trinajstić information content (AvgIpc) is 3.07. The molecule has 10 heteroatoms. The maximum Gasteiger partial charge on any atom is 0.416 e. The zero-order valence-corrected chi connectivity index (χ0v) is 15.5. The lowest BCUT2D eigenvalue weighted by Gasteiger charge is -2.16. The predicted octanol–water partition coefficient (Wildman–Crippen LogP) is 5.85. The van der Waals surface area contributed by atoms with Crippen LogP contribution >= 0.6 is 0 Å². The predicted molar refractivity (Wildman–Crippen MR) is 97.1 cm³/mol. The molecule has 1 saturated carbocycles. The number of benzene rings is 2. The largest absolute Gasteiger partial charge is 0.490 e. The number of hydrogen-bond donors (Lipinski definition) is 2. The molecule has 1 fully saturated rings. The summed E-state index contributed by atoms with van der Waals surface area (Å²) in [7, 11) is 0. The minimum atomic E-state index is -4.51. The van der Waals surface area contributed by atoms with Gasteiger partial charge in [-0.05, 0) is 55.3 Å². The number of carbonyl (C=O) groups is 1. The van der Waals surface area contributed by atoms with Crippen molar-refractivity contribution in [2.24, 2.45) is 0 Å². The van der Waals surface area contributed by atoms with Crippen LogP contribution in [0.3, 0.4) is 0 Å². The van der Waals surface area contributed by atoms with Crippen molar-refractivity contribution in [3.63, 3.8) is 0 Å². The van der Waals surface area contributed by atoms with Gasteiger partial charge in [-0.15, -0.1) is 0 Å². The van der Waals surface area contributed by atoms with Gasteiger partial charge in [-0.1, -0.05) is 6.07 Å². The second kappa shape index (κ2) is 8.45. The van der Waals surface area contributed by atoms with Crippen molar-refractivity contribution in [1.29, 1.82) is 0 Å². The van der Waals surface area contributed by atoms with E-state index in [1.807, 2.05) is 0 Å². The fourth-order valence-corrected chi connectivity index (χ4v) is 3.22. The molecule has 162 valence electrons. The van der Waals surface area contributed by atoms with Crippen LogP contribution in [0.1, 0.15) is 30.4 Å². The van der Waals surface area contributed by atoms with E-state index in [1.54, 1.807) is 0 Å². The monoisotopic (exact) mass is 432 g/mol. The minimum Gasteiger partial charge on any atom is -0.490 e. The Kier molecular flexibility index (Phi) is 6.14. The van der Waals surface area contributed by atoms with Crippen LogP contribution in [0.5, 0.6) is 5.75 Å². The fraction of sp³-hybridized carbons (Fsp3) is 0.350. The lowest BCUT2D eigenvalue weighted by Crippen LogP contribution is -2.37. The first-order valence-electron chi connectivity index (χ1n) is 9.09. The summed E-state index contributed by atoms with van der Waals surface area (Å²) >= 11 is 0. The molecule has 0 aliphatic heterocycles. The maximum absolute atomic E-state index is 12.7. The molecule has 30 heavy (non-hydrogen) atoms. The topological polar surface area (TPSA) is 50.4 Å². The summed E-state index contributed by atoms with van der Waals surface area (Å²) in [6.07, 6.45) is -7.65. The molecule has 0 bridgehead atoms. The molecule has 2 atom stereocenters. The van der Waals surface area contributed by atoms with Gasteiger partial charge in [0.1, 0.15) is 11.9 Å². The van der Waals surface area contributed by atoms with Crippen LogP contribution in [0.4, 0.5) is 36.8 Å². The van der Waals surface area contributed by atoms with Crippen LogP contribution in [0, 0.1) is 0 Å². The molecule has 0 saturated heterocycles. The van der Waals surface area contributed by atoms with Gasteiger partial charge in [0.25, 0.3) is 0 Å². The highest BCUT2D eigenvalue weighted by Crippen LogP contribution is 2.32. The Morgan fingerprint density at radius 2 is 1.57 bits per heavy atom. The second-order valence-electron chi connectivity index (χ2n) is 6.95. The molecule has 0 heterocycles. The van der Waals surface area contributed by atoms with Gasteiger partial charge in [0, 0.05) is 18.2 Å². The number of rotatable bonds is 4. The lowest BCUT2D eigenvalue weighted by molar-refractivity contribution is -0.138. The summed E-state index contributed by atoms with van der Waals surface area (Å²) in [5.74, 6) is 0.294. The number of hydrogen-bond acceptors (Lipinski definition) is 2. The number of amides is 2. The van der Waals surface area contributed by atoms with Gasteiger partial charge in [-0.25, -0.2) is 4.79 Å². The summed E-state index contributed by atoms with van der Waals surface area (Å²) in [5, 5.41) is 5.04. The minimum absolute atomic E-state index is 0.0119. The molecule has 2 N–H and O–H groups in total. The van der Waals surface area contributed by atoms with E-state index in [4.69, 9.17) is 4.74 Å². The summed E-state index contributed by atoms with van der Waals surface area (Å²) in [5.41, 5.74) is -1.63. The number of nitrogens with one attached hydrogen (secondary N) is 2. The summed E-state index contributed by atoms with van der Waals surface area (Å²) in [6.45, 7) is 0. The van der Waals surface area contributed by atoms with Crippen LogP contribution < -0.4 is 15.4 Å². The molecular formula is C20H18F6N2O2. The van der Waals surface area contributed by atoms with Crippen LogP contribution in [0.2, 0.25) is 0 Å². The number of alkyl halides is 6. The molecule has 0 radical (unpaired) electrons. The number of anilines is 1. The second-order valence-corrected chi connectivity index (χ2v) is 6.95. The van der Waals surface area contributed by atoms with E-state index in [0.29, 0.717) is 25.0 Å². The number of ether oxygens (including phenoxy) is 1. The van der Waals surface area contributed by atoms with Crippen molar-refractivity contribution < 1.29 is 35.9 Å². The Labute approximate surface area is 168 Å². The van der Waals surface area contributed by atoms with Gasteiger partial charge in [0.2, 0.25) is 0 Å². The maximum atomic E-state index is 12.7. The van der Waals surface area contributed by atoms with Crippen molar-refractivity contribution in [2.75, 3.05) is 5.32 Å². The van der Waals surface area contributed by atoms with Crippen molar-refractivity contribution in [3.05, 3.63) is 59.7 Å². The van der Waals surface area contributed by atoms with E-state index in [0.717, 1.165) is 24.3 Å². The van der Waals surface area contributed by atoms with Crippen LogP contribution in [0.15, 0.2) is 48.5 Å². The van der Waals surface area contributed by atoms with Gasteiger partial charge in [-0.3, -0.25) is 0 Å². The third kappa shape index (κ3) is 5.80. The van der Waals surface area contributed by atoms with Crippen LogP contribution in [-0.2, 0) is 12.4 Å². The first kappa shape index (κ1) is 21.8. The third-order valence-corrected chi connectivity index (χ3v) is 4.65. The molecular weight excluding hydrogens is 414 g/mol. The Morgan fingerprint density at radius 1 is 0.900 bits per heavy atom. The highest BCUT2D eigenvalue weighted by Gasteiger charge is 2.32. The smallest absolute Gasteiger partial charge is 0.416 e. The Hall–Kier alpha value is -2.91. The molecule has 4 nitrogen and oxygen atoms in total. The van der Waals surface area contributed by atoms with Crippen molar-refractivity contribution in [3.8, 4) is 5.75 Å². The number of halogens is 6. The molecule has 1 aliphatic carbocycles. The van der Waals surface area contributed by atoms with E-state index < -0.39 is 29.5 Å². The van der Waals surface area contributed by atoms with Gasteiger partial charge < -0.3 is 15.4 Å². The van der Waals surface area contributed by atoms with Crippen molar-refractivity contribution >= 4 is 11.7 Å². The van der Waals surface area contributed by atoms with Crippen LogP contribution in [0.25, 0.3) is 0 Å². The highest BCUT2D eigenvalue weighted by atomic mass is 19.4. The quantitative estimate of drug-likeness (QED) is 0.596. The van der Waals surface area contributed by atoms with E-state index >= 15 is 0 Å². The summed E-state index contributed by atoms with van der Waals surface area (Å²) in [4.78, 5) is 12.1. The number of carbonyl (C=O) groups excluding carboxylic acids is 1. The lowest BCUT2D eigenvalue weighted by atomic mass is 10.2. The standard InChI is InChI=1S/C20H18F6N2O2/c21-19(22,23)12-4-7-16(8-5-12)30-17-9-6-15(11-17)28-18(29)27-14-3-1-2-13(10-14)20(24,25)26/h1-5,7-8,10,15,17H,6,9,11H2,(H2,27,28,29)/t15-,17-/m0/s1. The van der Waals surface area contributed by atoms with Gasteiger partial charge in [0.15, 0.2) is 0 Å². The summed E-state index contributed by atoms with van der Waals surface area (Å²) < 4.78 is 81.6. The van der Waals surface area contributed by atoms with E-state index in [2.05, 4.69) is 10.6 Å². The Morgan fingerprint density at radius 3 is 2.20 bits per heavy atom. The average molecular weight is 432 g/mol. The van der Waals surface area contributed by atoms with Crippen LogP contribution in [-0.4, -0.2) is 18.2 Å². The zero-order chi connectivity index (χ0) is 21.9. The molecule has 2 aromatic rings. The Bertz CT molecular complexity index is 880. The van der Waals surface area contributed by atoms with E-state index in [1.165, 1.54) is 24.3 Å². The fourth-order valence-electron chi connectivity index (χ4n) is 3.22. The highest BCUT2D eigenvalue weighted by molar-refractivity contribution is 5.89. The van der Waals surface area contributed by atoms with Gasteiger partial charge >= 0.3 is 18.4 Å². The first-order valence-corrected chi connectivity index (χ1v) is 9.09. The third-order valence-electron chi connectivity index (χ3n) is 4.65. The molecule has 0 aromatic heterocycles. The van der Waals surface area contributed by atoms with E-state index in [9.17, 15) is 31.1 Å². The molecule has 2 amide bonds.